The zero-order valence-electron chi connectivity index (χ0n) is 36.2. The van der Waals surface area contributed by atoms with E-state index in [0.29, 0.717) is 25.7 Å². The summed E-state index contributed by atoms with van der Waals surface area (Å²) in [4.78, 5) is 14.3. The highest BCUT2D eigenvalue weighted by Gasteiger charge is 2.68. The van der Waals surface area contributed by atoms with Gasteiger partial charge in [-0.25, -0.2) is 0 Å². The first-order valence-corrected chi connectivity index (χ1v) is 24.5. The zero-order chi connectivity index (χ0) is 43.1. The first kappa shape index (κ1) is 43.8. The smallest absolute Gasteiger partial charge is 0.297 e. The molecule has 0 saturated carbocycles. The maximum Gasteiger partial charge on any atom is 0.297 e. The van der Waals surface area contributed by atoms with Crippen LogP contribution < -0.4 is 0 Å². The van der Waals surface area contributed by atoms with Crippen LogP contribution in [0.15, 0.2) is 53.5 Å². The first-order chi connectivity index (χ1) is 29.7. The van der Waals surface area contributed by atoms with Gasteiger partial charge in [0.05, 0.1) is 78.6 Å². The fourth-order valence-electron chi connectivity index (χ4n) is 12.2. The molecule has 10 fully saturated rings. The molecule has 0 aromatic heterocycles. The SMILES string of the molecule is C=C1CC2CCC34CC5OC6C(O3)C3OC(CCC3O[C@H]6C5O4)CC(=O)CC3C(CC4OC(CCC1O2)CC(C)C4=C)OC(CC(O)COS(=O)(=O)c1ccc(C)cc1)C3OC. The molecule has 0 aliphatic carbocycles. The predicted molar refractivity (Wildman–Crippen MR) is 222 cm³/mol. The molecule has 10 aliphatic heterocycles. The summed E-state index contributed by atoms with van der Waals surface area (Å²) >= 11 is 0. The fraction of sp³-hybridized carbons (Fsp3) is 0.766. The number of rotatable bonds is 7. The molecule has 1 spiro atoms. The van der Waals surface area contributed by atoms with Gasteiger partial charge in [0, 0.05) is 51.6 Å². The molecule has 15 heteroatoms. The fourth-order valence-corrected chi connectivity index (χ4v) is 13.1. The van der Waals surface area contributed by atoms with E-state index in [4.69, 9.17) is 46.8 Å². The summed E-state index contributed by atoms with van der Waals surface area (Å²) in [5, 5.41) is 11.2. The van der Waals surface area contributed by atoms with Crippen molar-refractivity contribution in [2.75, 3.05) is 13.7 Å². The van der Waals surface area contributed by atoms with Crippen molar-refractivity contribution in [3.05, 3.63) is 54.1 Å². The molecule has 62 heavy (non-hydrogen) atoms. The van der Waals surface area contributed by atoms with E-state index in [9.17, 15) is 18.3 Å². The maximum absolute atomic E-state index is 14.3. The van der Waals surface area contributed by atoms with Crippen molar-refractivity contribution in [3.63, 3.8) is 0 Å². The number of hydrogen-bond donors (Lipinski definition) is 1. The number of aryl methyl sites for hydroxylation is 1. The number of ether oxygens (including phenoxy) is 9. The van der Waals surface area contributed by atoms with Crippen molar-refractivity contribution in [2.45, 2.75) is 206 Å². The number of fused-ring (bicyclic) bond motifs is 6. The third-order valence-electron chi connectivity index (χ3n) is 15.4. The summed E-state index contributed by atoms with van der Waals surface area (Å²) in [6, 6.07) is 6.35. The average Bonchev–Trinajstić information content (AvgIpc) is 3.92. The standard InChI is InChI=1S/C47H64O14S/c1-24-6-10-33(11-7-24)62(50,51)53-23-29(49)20-39-41(52-5)34-19-28(48)18-31-9-13-36-42(56-31)46-45-44(58-36)43-40(59-45)22-47(60-43,61-46)15-14-32-17-26(3)35(54-32)12-8-30-16-25(2)27(4)37(55-30)21-38(34)57-39/h6-7,10-11,25,29-32,34-46,49H,3-4,8-9,12-23H2,1-2,5H3/t25?,29?,30?,31?,32?,34?,35?,36?,37?,38?,39?,40?,41?,42?,43?,44-,45?,46?,47?/m0/s1. The van der Waals surface area contributed by atoms with E-state index in [-0.39, 0.29) is 109 Å². The van der Waals surface area contributed by atoms with Crippen LogP contribution in [0.4, 0.5) is 0 Å². The summed E-state index contributed by atoms with van der Waals surface area (Å²) in [6.45, 7) is 12.5. The first-order valence-electron chi connectivity index (χ1n) is 23.1. The van der Waals surface area contributed by atoms with Crippen LogP contribution in [-0.2, 0) is 61.7 Å². The van der Waals surface area contributed by atoms with Crippen LogP contribution in [0.1, 0.15) is 96.0 Å². The second-order valence-electron chi connectivity index (χ2n) is 19.7. The third-order valence-corrected chi connectivity index (χ3v) is 16.7. The number of hydrogen-bond acceptors (Lipinski definition) is 14. The Balaban J connectivity index is 0.891. The molecule has 1 aromatic carbocycles. The van der Waals surface area contributed by atoms with Gasteiger partial charge >= 0.3 is 0 Å². The minimum Gasteiger partial charge on any atom is -0.391 e. The molecule has 1 N–H and O–H groups in total. The molecule has 10 aliphatic rings. The number of benzene rings is 1. The Morgan fingerprint density at radius 2 is 1.52 bits per heavy atom. The lowest BCUT2D eigenvalue weighted by molar-refractivity contribution is -0.292. The Labute approximate surface area is 365 Å². The van der Waals surface area contributed by atoms with E-state index in [1.165, 1.54) is 12.1 Å². The van der Waals surface area contributed by atoms with Gasteiger partial charge in [0.1, 0.15) is 36.3 Å². The minimum atomic E-state index is -4.10. The zero-order valence-corrected chi connectivity index (χ0v) is 37.0. The lowest BCUT2D eigenvalue weighted by Crippen LogP contribution is -2.61. The van der Waals surface area contributed by atoms with Gasteiger partial charge in [-0.3, -0.25) is 8.98 Å². The Kier molecular flexibility index (Phi) is 12.2. The average molecular weight is 885 g/mol. The number of carbonyl (C=O) groups excluding carboxylic acids is 1. The number of aliphatic hydroxyl groups is 1. The number of carbonyl (C=O) groups is 1. The maximum atomic E-state index is 14.3. The molecule has 342 valence electrons. The molecular formula is C47H64O14S. The third kappa shape index (κ3) is 8.45. The van der Waals surface area contributed by atoms with Crippen LogP contribution >= 0.6 is 0 Å². The van der Waals surface area contributed by atoms with E-state index in [0.717, 1.165) is 55.2 Å². The summed E-state index contributed by atoms with van der Waals surface area (Å²) in [7, 11) is -2.52. The van der Waals surface area contributed by atoms with Crippen LogP contribution in [0.2, 0.25) is 0 Å². The van der Waals surface area contributed by atoms with E-state index in [1.54, 1.807) is 19.2 Å². The number of Topliss-reactive ketones (excluding diaryl/α,β-unsaturated/α-hetero) is 1. The summed E-state index contributed by atoms with van der Waals surface area (Å²) in [5.74, 6) is -0.984. The predicted octanol–water partition coefficient (Wildman–Crippen LogP) is 5.19. The van der Waals surface area contributed by atoms with Crippen molar-refractivity contribution < 1.29 is 65.1 Å². The van der Waals surface area contributed by atoms with Crippen LogP contribution in [0, 0.1) is 18.8 Å². The van der Waals surface area contributed by atoms with Crippen molar-refractivity contribution in [3.8, 4) is 0 Å². The molecule has 11 rings (SSSR count). The van der Waals surface area contributed by atoms with Gasteiger partial charge in [-0.1, -0.05) is 37.8 Å². The molecule has 12 bridgehead atoms. The number of ketones is 1. The molecule has 10 heterocycles. The van der Waals surface area contributed by atoms with E-state index in [1.807, 2.05) is 6.92 Å². The van der Waals surface area contributed by atoms with Gasteiger partial charge < -0.3 is 47.7 Å². The lowest BCUT2D eigenvalue weighted by atomic mass is 9.81. The van der Waals surface area contributed by atoms with Crippen molar-refractivity contribution in [1.82, 2.24) is 0 Å². The van der Waals surface area contributed by atoms with Gasteiger partial charge in [0.25, 0.3) is 10.1 Å². The number of methoxy groups -OCH3 is 1. The Bertz CT molecular complexity index is 1960. The van der Waals surface area contributed by atoms with E-state index < -0.39 is 53.0 Å². The topological polar surface area (TPSA) is 164 Å². The van der Waals surface area contributed by atoms with Gasteiger partial charge in [0.2, 0.25) is 0 Å². The Morgan fingerprint density at radius 3 is 2.32 bits per heavy atom. The molecule has 18 unspecified atom stereocenters. The molecule has 1 aromatic rings. The van der Waals surface area contributed by atoms with Crippen LogP contribution in [-0.4, -0.2) is 136 Å². The number of aliphatic hydroxyl groups excluding tert-OH is 1. The quantitative estimate of drug-likeness (QED) is 0.281. The van der Waals surface area contributed by atoms with Gasteiger partial charge in [-0.2, -0.15) is 8.42 Å². The molecule has 0 amide bonds. The molecule has 10 saturated heterocycles. The van der Waals surface area contributed by atoms with Crippen LogP contribution in [0.5, 0.6) is 0 Å². The summed E-state index contributed by atoms with van der Waals surface area (Å²) in [6.07, 6.45) is 2.06. The second-order valence-corrected chi connectivity index (χ2v) is 21.4. The normalized spacial score (nSPS) is 46.1. The van der Waals surface area contributed by atoms with E-state index in [2.05, 4.69) is 20.1 Å². The highest BCUT2D eigenvalue weighted by molar-refractivity contribution is 7.86. The van der Waals surface area contributed by atoms with Crippen LogP contribution in [0.3, 0.4) is 0 Å². The van der Waals surface area contributed by atoms with Crippen molar-refractivity contribution in [1.29, 1.82) is 0 Å². The molecule has 19 atom stereocenters. The monoisotopic (exact) mass is 884 g/mol. The lowest BCUT2D eigenvalue weighted by Gasteiger charge is -2.47. The molecule has 0 radical (unpaired) electrons. The Morgan fingerprint density at radius 1 is 0.790 bits per heavy atom. The highest BCUT2D eigenvalue weighted by atomic mass is 32.2. The summed E-state index contributed by atoms with van der Waals surface area (Å²) < 4.78 is 91.6. The molecule has 14 nitrogen and oxygen atoms in total. The Hall–Kier alpha value is -2.12. The van der Waals surface area contributed by atoms with Crippen molar-refractivity contribution in [2.24, 2.45) is 11.8 Å². The largest absolute Gasteiger partial charge is 0.391 e. The van der Waals surface area contributed by atoms with Gasteiger partial charge in [-0.15, -0.1) is 0 Å². The second kappa shape index (κ2) is 17.3. The van der Waals surface area contributed by atoms with Crippen molar-refractivity contribution >= 4 is 15.9 Å². The molecular weight excluding hydrogens is 821 g/mol. The highest BCUT2D eigenvalue weighted by Crippen LogP contribution is 2.54. The van der Waals surface area contributed by atoms with E-state index >= 15 is 0 Å². The minimum absolute atomic E-state index is 0.00868. The summed E-state index contributed by atoms with van der Waals surface area (Å²) in [5.41, 5.74) is 3.01. The van der Waals surface area contributed by atoms with Gasteiger partial charge in [-0.05, 0) is 81.1 Å². The van der Waals surface area contributed by atoms with Crippen LogP contribution in [0.25, 0.3) is 0 Å². The van der Waals surface area contributed by atoms with Gasteiger partial charge in [0.15, 0.2) is 5.79 Å².